The van der Waals surface area contributed by atoms with Gasteiger partial charge in [0, 0.05) is 6.20 Å². The molecule has 0 aliphatic rings. The number of sulfonamides is 1. The monoisotopic (exact) mass is 345 g/mol. The van der Waals surface area contributed by atoms with E-state index < -0.39 is 15.8 Å². The largest absolute Gasteiger partial charge is 0.277 e. The van der Waals surface area contributed by atoms with E-state index in [4.69, 9.17) is 0 Å². The fourth-order valence-electron chi connectivity index (χ4n) is 2.36. The van der Waals surface area contributed by atoms with E-state index in [0.29, 0.717) is 12.2 Å². The van der Waals surface area contributed by atoms with Crippen molar-refractivity contribution in [1.29, 1.82) is 0 Å². The van der Waals surface area contributed by atoms with E-state index >= 15 is 0 Å². The van der Waals surface area contributed by atoms with Crippen molar-refractivity contribution in [2.24, 2.45) is 0 Å². The third-order valence-electron chi connectivity index (χ3n) is 3.50. The van der Waals surface area contributed by atoms with E-state index in [0.717, 1.165) is 5.56 Å². The van der Waals surface area contributed by atoms with Crippen LogP contribution in [-0.4, -0.2) is 18.2 Å². The number of hydrogen-bond acceptors (Lipinski definition) is 3. The van der Waals surface area contributed by atoms with Crippen LogP contribution >= 0.6 is 0 Å². The number of para-hydroxylation sites is 1. The molecule has 0 aliphatic carbocycles. The molecule has 1 N–H and O–H groups in total. The summed E-state index contributed by atoms with van der Waals surface area (Å²) in [5, 5.41) is 4.24. The highest BCUT2D eigenvalue weighted by Gasteiger charge is 2.21. The predicted octanol–water partition coefficient (Wildman–Crippen LogP) is 3.18. The van der Waals surface area contributed by atoms with Gasteiger partial charge in [0.15, 0.2) is 0 Å². The third-order valence-corrected chi connectivity index (χ3v) is 4.96. The zero-order valence-corrected chi connectivity index (χ0v) is 13.8. The van der Waals surface area contributed by atoms with Crippen LogP contribution in [0, 0.1) is 12.7 Å². The predicted molar refractivity (Wildman–Crippen MR) is 89.7 cm³/mol. The minimum absolute atomic E-state index is 0.0293. The maximum atomic E-state index is 13.7. The lowest BCUT2D eigenvalue weighted by Crippen LogP contribution is -2.14. The molecule has 0 aliphatic heterocycles. The quantitative estimate of drug-likeness (QED) is 0.772. The smallest absolute Gasteiger partial charge is 0.265 e. The Morgan fingerprint density at radius 2 is 1.75 bits per heavy atom. The Balaban J connectivity index is 1.87. The molecule has 0 fully saturated rings. The summed E-state index contributed by atoms with van der Waals surface area (Å²) in [6.45, 7) is 2.06. The summed E-state index contributed by atoms with van der Waals surface area (Å²) in [5.41, 5.74) is 1.27. The van der Waals surface area contributed by atoms with Gasteiger partial charge in [0.2, 0.25) is 0 Å². The van der Waals surface area contributed by atoms with E-state index in [-0.39, 0.29) is 10.6 Å². The summed E-state index contributed by atoms with van der Waals surface area (Å²) in [4.78, 5) is 0.0293. The molecule has 1 aromatic heterocycles. The van der Waals surface area contributed by atoms with Crippen LogP contribution in [0.1, 0.15) is 11.3 Å². The fourth-order valence-corrected chi connectivity index (χ4v) is 3.61. The van der Waals surface area contributed by atoms with E-state index in [1.807, 2.05) is 30.3 Å². The highest BCUT2D eigenvalue weighted by molar-refractivity contribution is 7.92. The van der Waals surface area contributed by atoms with Crippen LogP contribution in [-0.2, 0) is 16.6 Å². The van der Waals surface area contributed by atoms with Gasteiger partial charge >= 0.3 is 0 Å². The molecule has 24 heavy (non-hydrogen) atoms. The standard InChI is InChI=1S/C17H16FN3O2S/c1-13-17(12-21(19-13)11-14-7-3-2-4-8-14)24(22,23)20-16-10-6-5-9-15(16)18/h2-10,12,20H,11H2,1H3. The van der Waals surface area contributed by atoms with Gasteiger partial charge in [-0.1, -0.05) is 42.5 Å². The second kappa shape index (κ2) is 6.45. The minimum Gasteiger partial charge on any atom is -0.277 e. The van der Waals surface area contributed by atoms with Crippen molar-refractivity contribution in [3.8, 4) is 0 Å². The summed E-state index contributed by atoms with van der Waals surface area (Å²) in [7, 11) is -3.91. The topological polar surface area (TPSA) is 64.0 Å². The lowest BCUT2D eigenvalue weighted by molar-refractivity contribution is 0.597. The van der Waals surface area contributed by atoms with Crippen LogP contribution in [0.2, 0.25) is 0 Å². The van der Waals surface area contributed by atoms with Crippen LogP contribution in [0.15, 0.2) is 65.7 Å². The number of nitrogens with zero attached hydrogens (tertiary/aromatic N) is 2. The first-order valence-corrected chi connectivity index (χ1v) is 8.79. The molecule has 0 atom stereocenters. The Morgan fingerprint density at radius 1 is 1.08 bits per heavy atom. The van der Waals surface area contributed by atoms with Gasteiger partial charge in [0.1, 0.15) is 10.7 Å². The van der Waals surface area contributed by atoms with E-state index in [2.05, 4.69) is 9.82 Å². The van der Waals surface area contributed by atoms with Crippen LogP contribution in [0.4, 0.5) is 10.1 Å². The summed E-state index contributed by atoms with van der Waals surface area (Å²) in [6, 6.07) is 15.2. The first kappa shape index (κ1) is 16.2. The molecule has 0 saturated carbocycles. The molecule has 1 heterocycles. The molecule has 0 radical (unpaired) electrons. The zero-order chi connectivity index (χ0) is 17.2. The van der Waals surface area contributed by atoms with E-state index in [1.165, 1.54) is 24.4 Å². The lowest BCUT2D eigenvalue weighted by Gasteiger charge is -2.07. The molecular formula is C17H16FN3O2S. The Bertz CT molecular complexity index is 953. The van der Waals surface area contributed by atoms with Gasteiger partial charge < -0.3 is 0 Å². The van der Waals surface area contributed by atoms with Crippen LogP contribution in [0.3, 0.4) is 0 Å². The van der Waals surface area contributed by atoms with Gasteiger partial charge in [-0.15, -0.1) is 0 Å². The average molecular weight is 345 g/mol. The van der Waals surface area contributed by atoms with Gasteiger partial charge in [-0.25, -0.2) is 12.8 Å². The molecule has 0 bridgehead atoms. The van der Waals surface area contributed by atoms with Gasteiger partial charge in [0.05, 0.1) is 17.9 Å². The molecule has 0 amide bonds. The number of nitrogens with one attached hydrogen (secondary N) is 1. The number of aromatic nitrogens is 2. The summed E-state index contributed by atoms with van der Waals surface area (Å²) in [6.07, 6.45) is 1.45. The Morgan fingerprint density at radius 3 is 2.46 bits per heavy atom. The average Bonchev–Trinajstić information content (AvgIpc) is 2.92. The van der Waals surface area contributed by atoms with Gasteiger partial charge in [-0.2, -0.15) is 5.10 Å². The van der Waals surface area contributed by atoms with Crippen LogP contribution in [0.5, 0.6) is 0 Å². The van der Waals surface area contributed by atoms with Gasteiger partial charge in [-0.05, 0) is 24.6 Å². The highest BCUT2D eigenvalue weighted by atomic mass is 32.2. The van der Waals surface area contributed by atoms with Crippen molar-refractivity contribution in [3.63, 3.8) is 0 Å². The maximum Gasteiger partial charge on any atom is 0.265 e. The number of hydrogen-bond donors (Lipinski definition) is 1. The van der Waals surface area contributed by atoms with Crippen molar-refractivity contribution >= 4 is 15.7 Å². The normalized spacial score (nSPS) is 11.4. The molecule has 5 nitrogen and oxygen atoms in total. The summed E-state index contributed by atoms with van der Waals surface area (Å²) < 4.78 is 42.5. The van der Waals surface area contributed by atoms with Gasteiger partial charge in [0.25, 0.3) is 10.0 Å². The Kier molecular flexibility index (Phi) is 4.35. The molecule has 124 valence electrons. The first-order valence-electron chi connectivity index (χ1n) is 7.31. The molecule has 7 heteroatoms. The van der Waals surface area contributed by atoms with Crippen molar-refractivity contribution < 1.29 is 12.8 Å². The van der Waals surface area contributed by atoms with Crippen molar-refractivity contribution in [2.45, 2.75) is 18.4 Å². The summed E-state index contributed by atoms with van der Waals surface area (Å²) >= 11 is 0. The fraction of sp³-hybridized carbons (Fsp3) is 0.118. The molecule has 3 rings (SSSR count). The van der Waals surface area contributed by atoms with Crippen molar-refractivity contribution in [2.75, 3.05) is 4.72 Å². The summed E-state index contributed by atoms with van der Waals surface area (Å²) in [5.74, 6) is -0.629. The molecule has 0 saturated heterocycles. The number of anilines is 1. The Labute approximate surface area is 139 Å². The number of benzene rings is 2. The molecule has 3 aromatic rings. The molecule has 0 unspecified atom stereocenters. The first-order chi connectivity index (χ1) is 11.5. The van der Waals surface area contributed by atoms with Crippen molar-refractivity contribution in [3.05, 3.63) is 77.9 Å². The molecular weight excluding hydrogens is 329 g/mol. The SMILES string of the molecule is Cc1nn(Cc2ccccc2)cc1S(=O)(=O)Nc1ccccc1F. The van der Waals surface area contributed by atoms with Crippen LogP contribution in [0.25, 0.3) is 0 Å². The number of rotatable bonds is 5. The van der Waals surface area contributed by atoms with E-state index in [1.54, 1.807) is 17.7 Å². The second-order valence-electron chi connectivity index (χ2n) is 5.35. The molecule has 0 spiro atoms. The number of halogens is 1. The van der Waals surface area contributed by atoms with E-state index in [9.17, 15) is 12.8 Å². The zero-order valence-electron chi connectivity index (χ0n) is 13.0. The highest BCUT2D eigenvalue weighted by Crippen LogP contribution is 2.21. The molecule has 2 aromatic carbocycles. The second-order valence-corrected chi connectivity index (χ2v) is 7.00. The van der Waals surface area contributed by atoms with Gasteiger partial charge in [-0.3, -0.25) is 9.40 Å². The number of aryl methyl sites for hydroxylation is 1. The van der Waals surface area contributed by atoms with Crippen LogP contribution < -0.4 is 4.72 Å². The third kappa shape index (κ3) is 3.46. The Hall–Kier alpha value is -2.67. The minimum atomic E-state index is -3.91. The maximum absolute atomic E-state index is 13.7. The lowest BCUT2D eigenvalue weighted by atomic mass is 10.2. The van der Waals surface area contributed by atoms with Crippen molar-refractivity contribution in [1.82, 2.24) is 9.78 Å².